The Morgan fingerprint density at radius 2 is 2.10 bits per heavy atom. The second-order valence-corrected chi connectivity index (χ2v) is 4.78. The molecular weight excluding hydrogens is 266 g/mol. The highest BCUT2D eigenvalue weighted by molar-refractivity contribution is 5.95. The first-order valence-electron chi connectivity index (χ1n) is 6.95. The number of ether oxygens (including phenoxy) is 1. The predicted octanol–water partition coefficient (Wildman–Crippen LogP) is 2.31. The first-order chi connectivity index (χ1) is 10.2. The number of anilines is 1. The molecule has 5 nitrogen and oxygen atoms in total. The molecule has 0 saturated heterocycles. The number of hydrogen-bond acceptors (Lipinski definition) is 3. The fourth-order valence-electron chi connectivity index (χ4n) is 2.10. The summed E-state index contributed by atoms with van der Waals surface area (Å²) in [6.45, 7) is 3.75. The quantitative estimate of drug-likeness (QED) is 0.685. The molecule has 0 spiro atoms. The number of aromatic amines is 1. The molecule has 1 aromatic carbocycles. The number of H-pyrrole nitrogens is 1. The van der Waals surface area contributed by atoms with Gasteiger partial charge in [0.25, 0.3) is 5.91 Å². The molecule has 5 heteroatoms. The van der Waals surface area contributed by atoms with Crippen molar-refractivity contribution in [2.45, 2.75) is 13.5 Å². The predicted molar refractivity (Wildman–Crippen MR) is 83.5 cm³/mol. The molecule has 3 N–H and O–H groups in total. The SMILES string of the molecule is COCCNc1ccccc1CNC(=O)c1cc[nH]c1C. The summed E-state index contributed by atoms with van der Waals surface area (Å²) in [5.74, 6) is -0.0690. The minimum absolute atomic E-state index is 0.0690. The third-order valence-electron chi connectivity index (χ3n) is 3.28. The molecule has 2 aromatic rings. The van der Waals surface area contributed by atoms with Crippen LogP contribution < -0.4 is 10.6 Å². The number of rotatable bonds is 7. The summed E-state index contributed by atoms with van der Waals surface area (Å²) in [5, 5.41) is 6.24. The van der Waals surface area contributed by atoms with E-state index in [0.717, 1.165) is 23.5 Å². The number of para-hydroxylation sites is 1. The first-order valence-corrected chi connectivity index (χ1v) is 6.95. The molecule has 0 fully saturated rings. The van der Waals surface area contributed by atoms with Crippen LogP contribution in [0.4, 0.5) is 5.69 Å². The number of aromatic nitrogens is 1. The van der Waals surface area contributed by atoms with E-state index in [0.29, 0.717) is 18.7 Å². The highest BCUT2D eigenvalue weighted by atomic mass is 16.5. The highest BCUT2D eigenvalue weighted by Gasteiger charge is 2.10. The Labute approximate surface area is 124 Å². The molecule has 0 saturated carbocycles. The zero-order valence-electron chi connectivity index (χ0n) is 12.4. The Hall–Kier alpha value is -2.27. The summed E-state index contributed by atoms with van der Waals surface area (Å²) in [4.78, 5) is 15.1. The Kier molecular flexibility index (Phi) is 5.40. The molecule has 112 valence electrons. The Bertz CT molecular complexity index is 593. The van der Waals surface area contributed by atoms with Crippen LogP contribution in [0.5, 0.6) is 0 Å². The molecule has 0 bridgehead atoms. The van der Waals surface area contributed by atoms with Gasteiger partial charge in [-0.2, -0.15) is 0 Å². The lowest BCUT2D eigenvalue weighted by molar-refractivity contribution is 0.0950. The molecule has 1 aromatic heterocycles. The van der Waals surface area contributed by atoms with Crippen LogP contribution in [0, 0.1) is 6.92 Å². The van der Waals surface area contributed by atoms with Gasteiger partial charge in [-0.3, -0.25) is 4.79 Å². The van der Waals surface area contributed by atoms with Crippen LogP contribution in [0.15, 0.2) is 36.5 Å². The maximum atomic E-state index is 12.1. The maximum Gasteiger partial charge on any atom is 0.253 e. The second kappa shape index (κ2) is 7.50. The van der Waals surface area contributed by atoms with Gasteiger partial charge in [-0.05, 0) is 24.6 Å². The topological polar surface area (TPSA) is 66.2 Å². The molecule has 0 aliphatic rings. The fourth-order valence-corrected chi connectivity index (χ4v) is 2.10. The van der Waals surface area contributed by atoms with Gasteiger partial charge >= 0.3 is 0 Å². The van der Waals surface area contributed by atoms with E-state index in [2.05, 4.69) is 15.6 Å². The van der Waals surface area contributed by atoms with E-state index in [9.17, 15) is 4.79 Å². The van der Waals surface area contributed by atoms with Crippen LogP contribution in [0.3, 0.4) is 0 Å². The highest BCUT2D eigenvalue weighted by Crippen LogP contribution is 2.15. The van der Waals surface area contributed by atoms with Crippen molar-refractivity contribution < 1.29 is 9.53 Å². The number of methoxy groups -OCH3 is 1. The van der Waals surface area contributed by atoms with Crippen molar-refractivity contribution in [3.8, 4) is 0 Å². The minimum Gasteiger partial charge on any atom is -0.383 e. The average Bonchev–Trinajstić information content (AvgIpc) is 2.92. The molecule has 0 unspecified atom stereocenters. The molecule has 0 aliphatic heterocycles. The second-order valence-electron chi connectivity index (χ2n) is 4.78. The summed E-state index contributed by atoms with van der Waals surface area (Å²) < 4.78 is 5.03. The number of benzene rings is 1. The van der Waals surface area contributed by atoms with Gasteiger partial charge in [0.15, 0.2) is 0 Å². The van der Waals surface area contributed by atoms with Crippen molar-refractivity contribution in [3.63, 3.8) is 0 Å². The van der Waals surface area contributed by atoms with Crippen molar-refractivity contribution in [1.29, 1.82) is 0 Å². The normalized spacial score (nSPS) is 10.4. The van der Waals surface area contributed by atoms with E-state index in [1.165, 1.54) is 0 Å². The van der Waals surface area contributed by atoms with Crippen molar-refractivity contribution in [2.75, 3.05) is 25.6 Å². The van der Waals surface area contributed by atoms with Crippen LogP contribution in [0.2, 0.25) is 0 Å². The van der Waals surface area contributed by atoms with Crippen molar-refractivity contribution in [1.82, 2.24) is 10.3 Å². The van der Waals surface area contributed by atoms with E-state index < -0.39 is 0 Å². The van der Waals surface area contributed by atoms with Gasteiger partial charge in [0.2, 0.25) is 0 Å². The van der Waals surface area contributed by atoms with Gasteiger partial charge in [-0.1, -0.05) is 18.2 Å². The molecule has 1 amide bonds. The summed E-state index contributed by atoms with van der Waals surface area (Å²) in [6, 6.07) is 9.72. The number of nitrogens with one attached hydrogen (secondary N) is 3. The standard InChI is InChI=1S/C16H21N3O2/c1-12-14(7-8-17-12)16(20)19-11-13-5-3-4-6-15(13)18-9-10-21-2/h3-8,17-18H,9-11H2,1-2H3,(H,19,20). The molecule has 2 rings (SSSR count). The fraction of sp³-hybridized carbons (Fsp3) is 0.312. The van der Waals surface area contributed by atoms with Crippen molar-refractivity contribution in [3.05, 3.63) is 53.3 Å². The third kappa shape index (κ3) is 4.10. The summed E-state index contributed by atoms with van der Waals surface area (Å²) in [6.07, 6.45) is 1.77. The van der Waals surface area contributed by atoms with Gasteiger partial charge in [-0.25, -0.2) is 0 Å². The smallest absolute Gasteiger partial charge is 0.253 e. The Morgan fingerprint density at radius 1 is 1.29 bits per heavy atom. The zero-order chi connectivity index (χ0) is 15.1. The van der Waals surface area contributed by atoms with E-state index in [4.69, 9.17) is 4.74 Å². The maximum absolute atomic E-state index is 12.1. The molecule has 0 atom stereocenters. The first kappa shape index (κ1) is 15.1. The molecule has 1 heterocycles. The lowest BCUT2D eigenvalue weighted by Crippen LogP contribution is -2.23. The van der Waals surface area contributed by atoms with Crippen LogP contribution in [-0.2, 0) is 11.3 Å². The monoisotopic (exact) mass is 287 g/mol. The molecule has 21 heavy (non-hydrogen) atoms. The van der Waals surface area contributed by atoms with Crippen molar-refractivity contribution >= 4 is 11.6 Å². The lowest BCUT2D eigenvalue weighted by atomic mass is 10.1. The summed E-state index contributed by atoms with van der Waals surface area (Å²) in [7, 11) is 1.67. The molecular formula is C16H21N3O2. The van der Waals surface area contributed by atoms with Crippen molar-refractivity contribution in [2.24, 2.45) is 0 Å². The Balaban J connectivity index is 1.96. The average molecular weight is 287 g/mol. The molecule has 0 radical (unpaired) electrons. The van der Waals surface area contributed by atoms with Gasteiger partial charge < -0.3 is 20.4 Å². The van der Waals surface area contributed by atoms with Crippen LogP contribution in [-0.4, -0.2) is 31.2 Å². The Morgan fingerprint density at radius 3 is 2.81 bits per heavy atom. The van der Waals surface area contributed by atoms with E-state index >= 15 is 0 Å². The zero-order valence-corrected chi connectivity index (χ0v) is 12.4. The minimum atomic E-state index is -0.0690. The van der Waals surface area contributed by atoms with Crippen LogP contribution in [0.25, 0.3) is 0 Å². The lowest BCUT2D eigenvalue weighted by Gasteiger charge is -2.12. The number of amides is 1. The summed E-state index contributed by atoms with van der Waals surface area (Å²) in [5.41, 5.74) is 3.62. The summed E-state index contributed by atoms with van der Waals surface area (Å²) >= 11 is 0. The molecule has 0 aliphatic carbocycles. The number of aryl methyl sites for hydroxylation is 1. The number of carbonyl (C=O) groups excluding carboxylic acids is 1. The van der Waals surface area contributed by atoms with E-state index in [1.807, 2.05) is 31.2 Å². The van der Waals surface area contributed by atoms with Gasteiger partial charge in [0.1, 0.15) is 0 Å². The van der Waals surface area contributed by atoms with Gasteiger partial charge in [-0.15, -0.1) is 0 Å². The van der Waals surface area contributed by atoms with Gasteiger partial charge in [0, 0.05) is 37.8 Å². The third-order valence-corrected chi connectivity index (χ3v) is 3.28. The van der Waals surface area contributed by atoms with E-state index in [-0.39, 0.29) is 5.91 Å². The van der Waals surface area contributed by atoms with E-state index in [1.54, 1.807) is 19.4 Å². The number of hydrogen-bond donors (Lipinski definition) is 3. The van der Waals surface area contributed by atoms with Crippen LogP contribution in [0.1, 0.15) is 21.6 Å². The largest absolute Gasteiger partial charge is 0.383 e. The number of carbonyl (C=O) groups is 1. The van der Waals surface area contributed by atoms with Crippen LogP contribution >= 0.6 is 0 Å². The van der Waals surface area contributed by atoms with Gasteiger partial charge in [0.05, 0.1) is 12.2 Å².